The smallest absolute Gasteiger partial charge is 0.0384 e. The van der Waals surface area contributed by atoms with E-state index < -0.39 is 0 Å². The van der Waals surface area contributed by atoms with Gasteiger partial charge in [0.15, 0.2) is 0 Å². The number of hydrogen-bond acceptors (Lipinski definition) is 2. The van der Waals surface area contributed by atoms with Crippen LogP contribution in [0.2, 0.25) is 0 Å². The molecule has 0 aromatic heterocycles. The van der Waals surface area contributed by atoms with Crippen LogP contribution in [0.4, 0.5) is 5.69 Å². The van der Waals surface area contributed by atoms with Crippen LogP contribution in [-0.4, -0.2) is 0 Å². The van der Waals surface area contributed by atoms with Crippen LogP contribution in [-0.2, 0) is 0 Å². The number of benzene rings is 1. The summed E-state index contributed by atoms with van der Waals surface area (Å²) in [6, 6.07) is 3.94. The van der Waals surface area contributed by atoms with E-state index in [0.29, 0.717) is 0 Å². The molecule has 0 aliphatic heterocycles. The Morgan fingerprint density at radius 3 is 2.40 bits per heavy atom. The maximum absolute atomic E-state index is 5.73. The molecule has 0 heterocycles. The monoisotopic (exact) mass is 153 g/mol. The van der Waals surface area contributed by atoms with Gasteiger partial charge in [-0.1, -0.05) is 6.07 Å². The van der Waals surface area contributed by atoms with Crippen LogP contribution >= 0.6 is 12.6 Å². The molecule has 0 saturated heterocycles. The first-order valence-electron chi connectivity index (χ1n) is 3.17. The highest BCUT2D eigenvalue weighted by molar-refractivity contribution is 7.80. The zero-order valence-electron chi connectivity index (χ0n) is 6.18. The second kappa shape index (κ2) is 2.54. The second-order valence-corrected chi connectivity index (χ2v) is 2.92. The standard InChI is InChI=1S/C8H11NS/c1-5-3-4-7(10)6(2)8(5)9/h3-4,10H,9H2,1-2H3. The van der Waals surface area contributed by atoms with Gasteiger partial charge in [-0.3, -0.25) is 0 Å². The average molecular weight is 153 g/mol. The van der Waals surface area contributed by atoms with Crippen LogP contribution in [0.3, 0.4) is 0 Å². The lowest BCUT2D eigenvalue weighted by atomic mass is 10.1. The summed E-state index contributed by atoms with van der Waals surface area (Å²) in [5, 5.41) is 0. The molecule has 0 radical (unpaired) electrons. The third-order valence-electron chi connectivity index (χ3n) is 1.70. The summed E-state index contributed by atoms with van der Waals surface area (Å²) in [5.74, 6) is 0. The van der Waals surface area contributed by atoms with Gasteiger partial charge in [-0.05, 0) is 31.0 Å². The van der Waals surface area contributed by atoms with Gasteiger partial charge in [0.2, 0.25) is 0 Å². The van der Waals surface area contributed by atoms with Crippen LogP contribution in [0.1, 0.15) is 11.1 Å². The van der Waals surface area contributed by atoms with Crippen molar-refractivity contribution in [1.29, 1.82) is 0 Å². The van der Waals surface area contributed by atoms with E-state index in [9.17, 15) is 0 Å². The Morgan fingerprint density at radius 2 is 1.90 bits per heavy atom. The molecule has 1 rings (SSSR count). The maximum Gasteiger partial charge on any atom is 0.0384 e. The Morgan fingerprint density at radius 1 is 1.30 bits per heavy atom. The molecule has 2 heteroatoms. The Balaban J connectivity index is 3.34. The molecule has 1 nitrogen and oxygen atoms in total. The normalized spacial score (nSPS) is 9.90. The van der Waals surface area contributed by atoms with Crippen LogP contribution in [0.5, 0.6) is 0 Å². The van der Waals surface area contributed by atoms with Crippen LogP contribution in [0, 0.1) is 13.8 Å². The summed E-state index contributed by atoms with van der Waals surface area (Å²) in [7, 11) is 0. The molecule has 0 atom stereocenters. The van der Waals surface area contributed by atoms with E-state index >= 15 is 0 Å². The predicted octanol–water partition coefficient (Wildman–Crippen LogP) is 2.17. The summed E-state index contributed by atoms with van der Waals surface area (Å²) in [6.45, 7) is 3.97. The lowest BCUT2D eigenvalue weighted by Gasteiger charge is -2.05. The average Bonchev–Trinajstić information content (AvgIpc) is 1.93. The molecule has 10 heavy (non-hydrogen) atoms. The molecule has 0 aliphatic rings. The van der Waals surface area contributed by atoms with E-state index in [1.807, 2.05) is 26.0 Å². The Labute approximate surface area is 66.7 Å². The van der Waals surface area contributed by atoms with Gasteiger partial charge >= 0.3 is 0 Å². The van der Waals surface area contributed by atoms with E-state index in [2.05, 4.69) is 12.6 Å². The molecular weight excluding hydrogens is 142 g/mol. The van der Waals surface area contributed by atoms with E-state index in [1.54, 1.807) is 0 Å². The summed E-state index contributed by atoms with van der Waals surface area (Å²) >= 11 is 4.23. The van der Waals surface area contributed by atoms with Crippen LogP contribution in [0.25, 0.3) is 0 Å². The van der Waals surface area contributed by atoms with E-state index in [-0.39, 0.29) is 0 Å². The summed E-state index contributed by atoms with van der Waals surface area (Å²) in [6.07, 6.45) is 0. The van der Waals surface area contributed by atoms with Gasteiger partial charge in [-0.2, -0.15) is 0 Å². The molecule has 0 bridgehead atoms. The minimum absolute atomic E-state index is 0.854. The molecule has 2 N–H and O–H groups in total. The SMILES string of the molecule is Cc1ccc(S)c(C)c1N. The Kier molecular flexibility index (Phi) is 1.90. The Hall–Kier alpha value is -0.630. The van der Waals surface area contributed by atoms with Gasteiger partial charge in [-0.25, -0.2) is 0 Å². The fourth-order valence-electron chi connectivity index (χ4n) is 0.852. The van der Waals surface area contributed by atoms with Gasteiger partial charge in [-0.15, -0.1) is 12.6 Å². The molecule has 1 aromatic rings. The lowest BCUT2D eigenvalue weighted by molar-refractivity contribution is 1.28. The predicted molar refractivity (Wildman–Crippen MR) is 47.6 cm³/mol. The van der Waals surface area contributed by atoms with E-state index in [1.165, 1.54) is 0 Å². The summed E-state index contributed by atoms with van der Waals surface area (Å²) in [5.41, 5.74) is 8.78. The second-order valence-electron chi connectivity index (χ2n) is 2.44. The van der Waals surface area contributed by atoms with Gasteiger partial charge in [0, 0.05) is 10.6 Å². The molecule has 0 amide bonds. The number of aryl methyl sites for hydroxylation is 1. The molecule has 0 unspecified atom stereocenters. The van der Waals surface area contributed by atoms with Crippen molar-refractivity contribution in [2.24, 2.45) is 0 Å². The number of thiol groups is 1. The van der Waals surface area contributed by atoms with Crippen LogP contribution in [0.15, 0.2) is 17.0 Å². The number of nitrogen functional groups attached to an aromatic ring is 1. The first-order chi connectivity index (χ1) is 4.63. The van der Waals surface area contributed by atoms with Gasteiger partial charge < -0.3 is 5.73 Å². The fourth-order valence-corrected chi connectivity index (χ4v) is 1.05. The van der Waals surface area contributed by atoms with Crippen molar-refractivity contribution in [3.63, 3.8) is 0 Å². The molecule has 1 aromatic carbocycles. The first-order valence-corrected chi connectivity index (χ1v) is 3.62. The highest BCUT2D eigenvalue weighted by atomic mass is 32.1. The van der Waals surface area contributed by atoms with Crippen molar-refractivity contribution in [2.75, 3.05) is 5.73 Å². The third kappa shape index (κ3) is 1.12. The van der Waals surface area contributed by atoms with Crippen molar-refractivity contribution in [2.45, 2.75) is 18.7 Å². The quantitative estimate of drug-likeness (QED) is 0.433. The minimum atomic E-state index is 0.854. The molecule has 54 valence electrons. The summed E-state index contributed by atoms with van der Waals surface area (Å²) < 4.78 is 0. The van der Waals surface area contributed by atoms with Gasteiger partial charge in [0.25, 0.3) is 0 Å². The molecular formula is C8H11NS. The van der Waals surface area contributed by atoms with Crippen molar-refractivity contribution >= 4 is 18.3 Å². The van der Waals surface area contributed by atoms with Crippen molar-refractivity contribution in [3.8, 4) is 0 Å². The molecule has 0 aliphatic carbocycles. The highest BCUT2D eigenvalue weighted by Crippen LogP contribution is 2.22. The molecule has 0 saturated carbocycles. The van der Waals surface area contributed by atoms with Crippen molar-refractivity contribution < 1.29 is 0 Å². The first kappa shape index (κ1) is 7.48. The summed E-state index contributed by atoms with van der Waals surface area (Å²) in [4.78, 5) is 0.961. The van der Waals surface area contributed by atoms with Crippen molar-refractivity contribution in [3.05, 3.63) is 23.3 Å². The van der Waals surface area contributed by atoms with E-state index in [4.69, 9.17) is 5.73 Å². The number of anilines is 1. The van der Waals surface area contributed by atoms with Gasteiger partial charge in [0.1, 0.15) is 0 Å². The number of nitrogens with two attached hydrogens (primary N) is 1. The van der Waals surface area contributed by atoms with Crippen molar-refractivity contribution in [1.82, 2.24) is 0 Å². The zero-order valence-corrected chi connectivity index (χ0v) is 7.07. The third-order valence-corrected chi connectivity index (χ3v) is 2.19. The van der Waals surface area contributed by atoms with Crippen LogP contribution < -0.4 is 5.73 Å². The molecule has 0 fully saturated rings. The maximum atomic E-state index is 5.73. The topological polar surface area (TPSA) is 26.0 Å². The number of rotatable bonds is 0. The lowest BCUT2D eigenvalue weighted by Crippen LogP contribution is -1.93. The molecule has 0 spiro atoms. The zero-order chi connectivity index (χ0) is 7.72. The van der Waals surface area contributed by atoms with Gasteiger partial charge in [0.05, 0.1) is 0 Å². The Bertz CT molecular complexity index is 229. The number of hydrogen-bond donors (Lipinski definition) is 2. The highest BCUT2D eigenvalue weighted by Gasteiger charge is 1.99. The minimum Gasteiger partial charge on any atom is -0.398 e. The van der Waals surface area contributed by atoms with E-state index in [0.717, 1.165) is 21.7 Å². The fraction of sp³-hybridized carbons (Fsp3) is 0.250. The largest absolute Gasteiger partial charge is 0.398 e.